The summed E-state index contributed by atoms with van der Waals surface area (Å²) < 4.78 is 7.96. The minimum atomic E-state index is -0.0404. The molecule has 7 nitrogen and oxygen atoms in total. The largest absolute Gasteiger partial charge is 0.376 e. The minimum absolute atomic E-state index is 0.0404. The van der Waals surface area contributed by atoms with E-state index in [1.807, 2.05) is 24.4 Å². The summed E-state index contributed by atoms with van der Waals surface area (Å²) in [4.78, 5) is 16.2. The lowest BCUT2D eigenvalue weighted by Crippen LogP contribution is -2.19. The first-order valence-electron chi connectivity index (χ1n) is 11.5. The molecule has 2 aromatic heterocycles. The van der Waals surface area contributed by atoms with Gasteiger partial charge in [0.05, 0.1) is 23.3 Å². The summed E-state index contributed by atoms with van der Waals surface area (Å²) in [6.07, 6.45) is 4.80. The summed E-state index contributed by atoms with van der Waals surface area (Å²) in [7, 11) is 0. The SMILES string of the molecule is Cc1cc(N2CCCC2)ccc1NC(=O)CSc1nnc(-c2cccs2)n1CC1CCCO1. The van der Waals surface area contributed by atoms with Gasteiger partial charge in [0.2, 0.25) is 5.91 Å². The van der Waals surface area contributed by atoms with E-state index < -0.39 is 0 Å². The smallest absolute Gasteiger partial charge is 0.234 e. The molecule has 0 aliphatic carbocycles. The number of hydrogen-bond acceptors (Lipinski definition) is 7. The van der Waals surface area contributed by atoms with Crippen molar-refractivity contribution in [3.8, 4) is 10.7 Å². The molecule has 0 bridgehead atoms. The van der Waals surface area contributed by atoms with Crippen molar-refractivity contribution in [2.45, 2.75) is 50.4 Å². The second kappa shape index (κ2) is 10.3. The highest BCUT2D eigenvalue weighted by Gasteiger charge is 2.23. The Balaban J connectivity index is 1.24. The van der Waals surface area contributed by atoms with Gasteiger partial charge in [0, 0.05) is 31.1 Å². The molecule has 33 heavy (non-hydrogen) atoms. The van der Waals surface area contributed by atoms with Gasteiger partial charge in [0.15, 0.2) is 11.0 Å². The number of benzene rings is 1. The molecule has 1 unspecified atom stereocenters. The molecule has 5 rings (SSSR count). The highest BCUT2D eigenvalue weighted by molar-refractivity contribution is 7.99. The van der Waals surface area contributed by atoms with Crippen LogP contribution in [0.5, 0.6) is 0 Å². The van der Waals surface area contributed by atoms with Crippen LogP contribution in [0.15, 0.2) is 40.9 Å². The number of aryl methyl sites for hydroxylation is 1. The number of carbonyl (C=O) groups excluding carboxylic acids is 1. The van der Waals surface area contributed by atoms with Gasteiger partial charge < -0.3 is 15.0 Å². The number of anilines is 2. The van der Waals surface area contributed by atoms with E-state index in [0.29, 0.717) is 6.54 Å². The Morgan fingerprint density at radius 3 is 2.85 bits per heavy atom. The Kier molecular flexibility index (Phi) is 6.99. The molecular formula is C24H29N5O2S2. The molecule has 1 aromatic carbocycles. The number of aromatic nitrogens is 3. The molecule has 2 aliphatic heterocycles. The van der Waals surface area contributed by atoms with Crippen molar-refractivity contribution in [2.24, 2.45) is 0 Å². The first-order valence-corrected chi connectivity index (χ1v) is 13.4. The Hall–Kier alpha value is -2.36. The number of hydrogen-bond donors (Lipinski definition) is 1. The van der Waals surface area contributed by atoms with Gasteiger partial charge in [-0.1, -0.05) is 17.8 Å². The van der Waals surface area contributed by atoms with Gasteiger partial charge in [-0.25, -0.2) is 0 Å². The monoisotopic (exact) mass is 483 g/mol. The Labute approximate surface area is 202 Å². The highest BCUT2D eigenvalue weighted by atomic mass is 32.2. The molecule has 9 heteroatoms. The van der Waals surface area contributed by atoms with Gasteiger partial charge >= 0.3 is 0 Å². The van der Waals surface area contributed by atoms with Gasteiger partial charge in [-0.2, -0.15) is 0 Å². The van der Waals surface area contributed by atoms with Crippen LogP contribution in [0.2, 0.25) is 0 Å². The van der Waals surface area contributed by atoms with Crippen LogP contribution in [0.25, 0.3) is 10.7 Å². The fraction of sp³-hybridized carbons (Fsp3) is 0.458. The molecule has 2 aliphatic rings. The van der Waals surface area contributed by atoms with Gasteiger partial charge in [-0.15, -0.1) is 21.5 Å². The van der Waals surface area contributed by atoms with E-state index in [0.717, 1.165) is 59.6 Å². The first-order chi connectivity index (χ1) is 16.2. The van der Waals surface area contributed by atoms with E-state index in [-0.39, 0.29) is 17.8 Å². The van der Waals surface area contributed by atoms with Crippen LogP contribution in [0.3, 0.4) is 0 Å². The number of carbonyl (C=O) groups is 1. The molecule has 0 saturated carbocycles. The third-order valence-electron chi connectivity index (χ3n) is 6.16. The maximum absolute atomic E-state index is 12.7. The number of nitrogens with zero attached hydrogens (tertiary/aromatic N) is 4. The zero-order chi connectivity index (χ0) is 22.6. The summed E-state index contributed by atoms with van der Waals surface area (Å²) >= 11 is 3.07. The second-order valence-electron chi connectivity index (χ2n) is 8.56. The summed E-state index contributed by atoms with van der Waals surface area (Å²) in [5.41, 5.74) is 3.18. The molecule has 1 atom stereocenters. The Morgan fingerprint density at radius 1 is 1.24 bits per heavy atom. The van der Waals surface area contributed by atoms with E-state index in [1.54, 1.807) is 11.3 Å². The summed E-state index contributed by atoms with van der Waals surface area (Å²) in [6, 6.07) is 10.4. The quantitative estimate of drug-likeness (QED) is 0.463. The first kappa shape index (κ1) is 22.4. The molecule has 1 N–H and O–H groups in total. The predicted molar refractivity (Wildman–Crippen MR) is 134 cm³/mol. The molecule has 2 saturated heterocycles. The van der Waals surface area contributed by atoms with Gasteiger partial charge in [-0.05, 0) is 67.8 Å². The third-order valence-corrected chi connectivity index (χ3v) is 7.99. The maximum Gasteiger partial charge on any atom is 0.234 e. The standard InChI is InChI=1S/C24H29N5O2S2/c1-17-14-18(28-10-2-3-11-28)8-9-20(17)25-22(30)16-33-24-27-26-23(21-7-5-13-32-21)29(24)15-19-6-4-12-31-19/h5,7-9,13-14,19H,2-4,6,10-12,15-16H2,1H3,(H,25,30). The van der Waals surface area contributed by atoms with Crippen molar-refractivity contribution in [1.82, 2.24) is 14.8 Å². The summed E-state index contributed by atoms with van der Waals surface area (Å²) in [6.45, 7) is 5.79. The third kappa shape index (κ3) is 5.26. The van der Waals surface area contributed by atoms with E-state index in [2.05, 4.69) is 43.2 Å². The second-order valence-corrected chi connectivity index (χ2v) is 10.4. The number of thiophene rings is 1. The average molecular weight is 484 g/mol. The van der Waals surface area contributed by atoms with Crippen LogP contribution in [0, 0.1) is 6.92 Å². The van der Waals surface area contributed by atoms with Crippen molar-refractivity contribution in [3.05, 3.63) is 41.3 Å². The van der Waals surface area contributed by atoms with E-state index in [1.165, 1.54) is 30.3 Å². The van der Waals surface area contributed by atoms with Gasteiger partial charge in [0.1, 0.15) is 0 Å². The summed E-state index contributed by atoms with van der Waals surface area (Å²) in [5.74, 6) is 1.08. The van der Waals surface area contributed by atoms with Crippen molar-refractivity contribution in [3.63, 3.8) is 0 Å². The van der Waals surface area contributed by atoms with Crippen molar-refractivity contribution >= 4 is 40.4 Å². The van der Waals surface area contributed by atoms with Crippen LogP contribution < -0.4 is 10.2 Å². The number of thioether (sulfide) groups is 1. The molecule has 0 radical (unpaired) electrons. The fourth-order valence-corrected chi connectivity index (χ4v) is 5.88. The molecule has 0 spiro atoms. The van der Waals surface area contributed by atoms with E-state index in [9.17, 15) is 4.79 Å². The Bertz CT molecular complexity index is 1090. The normalized spacial score (nSPS) is 18.2. The lowest BCUT2D eigenvalue weighted by molar-refractivity contribution is -0.113. The topological polar surface area (TPSA) is 72.3 Å². The zero-order valence-corrected chi connectivity index (χ0v) is 20.5. The summed E-state index contributed by atoms with van der Waals surface area (Å²) in [5, 5.41) is 14.7. The van der Waals surface area contributed by atoms with Crippen molar-refractivity contribution < 1.29 is 9.53 Å². The van der Waals surface area contributed by atoms with E-state index in [4.69, 9.17) is 4.74 Å². The van der Waals surface area contributed by atoms with E-state index >= 15 is 0 Å². The van der Waals surface area contributed by atoms with Crippen molar-refractivity contribution in [1.29, 1.82) is 0 Å². The number of rotatable bonds is 8. The van der Waals surface area contributed by atoms with Crippen LogP contribution in [-0.2, 0) is 16.1 Å². The van der Waals surface area contributed by atoms with Gasteiger partial charge in [-0.3, -0.25) is 9.36 Å². The predicted octanol–water partition coefficient (Wildman–Crippen LogP) is 4.83. The average Bonchev–Trinajstić information content (AvgIpc) is 3.62. The zero-order valence-electron chi connectivity index (χ0n) is 18.8. The maximum atomic E-state index is 12.7. The van der Waals surface area contributed by atoms with Crippen LogP contribution >= 0.6 is 23.1 Å². The lowest BCUT2D eigenvalue weighted by atomic mass is 10.1. The lowest BCUT2D eigenvalue weighted by Gasteiger charge is -2.19. The molecule has 3 aromatic rings. The molecule has 174 valence electrons. The van der Waals surface area contributed by atoms with Crippen LogP contribution in [0.1, 0.15) is 31.2 Å². The van der Waals surface area contributed by atoms with Crippen LogP contribution in [0.4, 0.5) is 11.4 Å². The number of amides is 1. The van der Waals surface area contributed by atoms with Crippen molar-refractivity contribution in [2.75, 3.05) is 35.7 Å². The Morgan fingerprint density at radius 2 is 2.12 bits per heavy atom. The molecule has 2 fully saturated rings. The number of nitrogens with one attached hydrogen (secondary N) is 1. The molecule has 4 heterocycles. The number of ether oxygens (including phenoxy) is 1. The van der Waals surface area contributed by atoms with Crippen LogP contribution in [-0.4, -0.2) is 52.2 Å². The molecular weight excluding hydrogens is 454 g/mol. The minimum Gasteiger partial charge on any atom is -0.376 e. The fourth-order valence-electron chi connectivity index (χ4n) is 4.42. The highest BCUT2D eigenvalue weighted by Crippen LogP contribution is 2.30. The van der Waals surface area contributed by atoms with Gasteiger partial charge in [0.25, 0.3) is 0 Å². The molecule has 1 amide bonds.